The van der Waals surface area contributed by atoms with Gasteiger partial charge in [0.1, 0.15) is 11.8 Å². The van der Waals surface area contributed by atoms with Crippen molar-refractivity contribution in [2.24, 2.45) is 5.92 Å². The van der Waals surface area contributed by atoms with Crippen LogP contribution in [-0.2, 0) is 11.3 Å². The molecule has 3 fully saturated rings. The van der Waals surface area contributed by atoms with Gasteiger partial charge in [-0.05, 0) is 51.2 Å². The number of carbonyl (C=O) groups excluding carboxylic acids is 2. The summed E-state index contributed by atoms with van der Waals surface area (Å²) in [4.78, 5) is 33.5. The second kappa shape index (κ2) is 9.29. The summed E-state index contributed by atoms with van der Waals surface area (Å²) in [6, 6.07) is 9.32. The zero-order chi connectivity index (χ0) is 22.9. The van der Waals surface area contributed by atoms with E-state index in [0.717, 1.165) is 62.3 Å². The molecular weight excluding hydrogens is 416 g/mol. The molecule has 33 heavy (non-hydrogen) atoms. The smallest absolute Gasteiger partial charge is 0.254 e. The molecule has 1 saturated carbocycles. The fourth-order valence-corrected chi connectivity index (χ4v) is 5.99. The van der Waals surface area contributed by atoms with Crippen LogP contribution in [0.25, 0.3) is 0 Å². The molecule has 0 bridgehead atoms. The van der Waals surface area contributed by atoms with Crippen LogP contribution in [0, 0.1) is 19.8 Å². The number of hydrogen-bond donors (Lipinski definition) is 0. The van der Waals surface area contributed by atoms with E-state index in [1.54, 1.807) is 0 Å². The first-order valence-electron chi connectivity index (χ1n) is 12.3. The van der Waals surface area contributed by atoms with E-state index in [9.17, 15) is 9.59 Å². The van der Waals surface area contributed by atoms with Crippen LogP contribution in [0.3, 0.4) is 0 Å². The molecule has 3 aliphatic rings. The molecule has 2 aliphatic heterocycles. The van der Waals surface area contributed by atoms with Gasteiger partial charge in [0.25, 0.3) is 5.91 Å². The Morgan fingerprint density at radius 1 is 1.03 bits per heavy atom. The SMILES string of the molecule is Cc1noc(C)c1CN1CCN(C(=O)C2CC3CCCCC3N2C(=O)c2ccccc2)CC1. The van der Waals surface area contributed by atoms with E-state index >= 15 is 0 Å². The van der Waals surface area contributed by atoms with Gasteiger partial charge in [0.15, 0.2) is 0 Å². The lowest BCUT2D eigenvalue weighted by Gasteiger charge is -2.38. The van der Waals surface area contributed by atoms with Crippen LogP contribution in [0.1, 0.15) is 59.5 Å². The Kier molecular flexibility index (Phi) is 6.23. The molecule has 2 saturated heterocycles. The van der Waals surface area contributed by atoms with E-state index in [0.29, 0.717) is 24.6 Å². The molecule has 1 aliphatic carbocycles. The molecule has 3 atom stereocenters. The average molecular weight is 451 g/mol. The summed E-state index contributed by atoms with van der Waals surface area (Å²) in [5.74, 6) is 1.46. The van der Waals surface area contributed by atoms with Crippen LogP contribution in [0.2, 0.25) is 0 Å². The maximum Gasteiger partial charge on any atom is 0.254 e. The van der Waals surface area contributed by atoms with Gasteiger partial charge in [0, 0.05) is 49.9 Å². The molecule has 0 spiro atoms. The van der Waals surface area contributed by atoms with Gasteiger partial charge in [0.2, 0.25) is 5.91 Å². The molecular formula is C26H34N4O3. The highest BCUT2D eigenvalue weighted by molar-refractivity contribution is 5.98. The number of piperazine rings is 1. The molecule has 5 rings (SSSR count). The van der Waals surface area contributed by atoms with Gasteiger partial charge < -0.3 is 14.3 Å². The maximum absolute atomic E-state index is 13.7. The standard InChI is InChI=1S/C26H34N4O3/c1-18-22(19(2)33-27-18)17-28-12-14-29(15-13-28)26(32)24-16-21-10-6-7-11-23(21)30(24)25(31)20-8-4-3-5-9-20/h3-5,8-9,21,23-24H,6-7,10-17H2,1-2H3. The predicted molar refractivity (Wildman–Crippen MR) is 125 cm³/mol. The van der Waals surface area contributed by atoms with Crippen LogP contribution in [0.15, 0.2) is 34.9 Å². The normalized spacial score (nSPS) is 25.8. The Bertz CT molecular complexity index is 977. The van der Waals surface area contributed by atoms with Crippen molar-refractivity contribution in [1.29, 1.82) is 0 Å². The number of fused-ring (bicyclic) bond motifs is 1. The molecule has 2 aromatic rings. The molecule has 2 amide bonds. The lowest BCUT2D eigenvalue weighted by molar-refractivity contribution is -0.137. The van der Waals surface area contributed by atoms with E-state index in [2.05, 4.69) is 10.1 Å². The minimum atomic E-state index is -0.333. The number of likely N-dealkylation sites (tertiary alicyclic amines) is 1. The van der Waals surface area contributed by atoms with Crippen molar-refractivity contribution in [1.82, 2.24) is 19.9 Å². The Balaban J connectivity index is 1.28. The number of nitrogens with zero attached hydrogens (tertiary/aromatic N) is 4. The van der Waals surface area contributed by atoms with Gasteiger partial charge in [0.05, 0.1) is 5.69 Å². The quantitative estimate of drug-likeness (QED) is 0.714. The van der Waals surface area contributed by atoms with Gasteiger partial charge in [-0.3, -0.25) is 14.5 Å². The van der Waals surface area contributed by atoms with Crippen molar-refractivity contribution in [3.05, 3.63) is 52.9 Å². The van der Waals surface area contributed by atoms with E-state index in [1.807, 2.05) is 54.0 Å². The molecule has 7 nitrogen and oxygen atoms in total. The van der Waals surface area contributed by atoms with Crippen LogP contribution < -0.4 is 0 Å². The van der Waals surface area contributed by atoms with E-state index < -0.39 is 0 Å². The monoisotopic (exact) mass is 450 g/mol. The lowest BCUT2D eigenvalue weighted by Crippen LogP contribution is -2.55. The first-order valence-corrected chi connectivity index (χ1v) is 12.3. The summed E-state index contributed by atoms with van der Waals surface area (Å²) >= 11 is 0. The molecule has 0 N–H and O–H groups in total. The zero-order valence-electron chi connectivity index (χ0n) is 19.7. The third-order valence-electron chi connectivity index (χ3n) is 7.88. The molecule has 7 heteroatoms. The third kappa shape index (κ3) is 4.31. The van der Waals surface area contributed by atoms with Crippen molar-refractivity contribution in [2.75, 3.05) is 26.2 Å². The molecule has 1 aromatic heterocycles. The van der Waals surface area contributed by atoms with Crippen molar-refractivity contribution in [3.63, 3.8) is 0 Å². The van der Waals surface area contributed by atoms with Crippen molar-refractivity contribution in [2.45, 2.75) is 64.6 Å². The van der Waals surface area contributed by atoms with Gasteiger partial charge in [-0.2, -0.15) is 0 Å². The topological polar surface area (TPSA) is 69.9 Å². The molecule has 3 heterocycles. The largest absolute Gasteiger partial charge is 0.361 e. The van der Waals surface area contributed by atoms with Crippen LogP contribution >= 0.6 is 0 Å². The van der Waals surface area contributed by atoms with Crippen LogP contribution in [0.5, 0.6) is 0 Å². The zero-order valence-corrected chi connectivity index (χ0v) is 19.7. The lowest BCUT2D eigenvalue weighted by atomic mass is 9.84. The van der Waals surface area contributed by atoms with Gasteiger partial charge in [-0.15, -0.1) is 0 Å². The Hall–Kier alpha value is -2.67. The molecule has 1 aromatic carbocycles. The number of aromatic nitrogens is 1. The average Bonchev–Trinajstić information content (AvgIpc) is 3.39. The number of carbonyl (C=O) groups is 2. The first kappa shape index (κ1) is 22.1. The molecule has 176 valence electrons. The minimum absolute atomic E-state index is 0.0143. The summed E-state index contributed by atoms with van der Waals surface area (Å²) in [7, 11) is 0. The minimum Gasteiger partial charge on any atom is -0.361 e. The van der Waals surface area contributed by atoms with Gasteiger partial charge >= 0.3 is 0 Å². The summed E-state index contributed by atoms with van der Waals surface area (Å²) in [6.07, 6.45) is 5.29. The Morgan fingerprint density at radius 3 is 2.45 bits per heavy atom. The third-order valence-corrected chi connectivity index (χ3v) is 7.88. The second-order valence-electron chi connectivity index (χ2n) is 9.85. The first-order chi connectivity index (χ1) is 16.0. The number of aryl methyl sites for hydroxylation is 2. The maximum atomic E-state index is 13.7. The number of benzene rings is 1. The number of hydrogen-bond acceptors (Lipinski definition) is 5. The van der Waals surface area contributed by atoms with Gasteiger partial charge in [-0.25, -0.2) is 0 Å². The predicted octanol–water partition coefficient (Wildman–Crippen LogP) is 3.41. The highest BCUT2D eigenvalue weighted by Crippen LogP contribution is 2.41. The van der Waals surface area contributed by atoms with Crippen molar-refractivity contribution < 1.29 is 14.1 Å². The second-order valence-corrected chi connectivity index (χ2v) is 9.85. The molecule has 3 unspecified atom stereocenters. The summed E-state index contributed by atoms with van der Waals surface area (Å²) < 4.78 is 5.30. The summed E-state index contributed by atoms with van der Waals surface area (Å²) in [5.41, 5.74) is 2.77. The van der Waals surface area contributed by atoms with Crippen LogP contribution in [-0.4, -0.2) is 69.9 Å². The highest BCUT2D eigenvalue weighted by atomic mass is 16.5. The summed E-state index contributed by atoms with van der Waals surface area (Å²) in [5, 5.41) is 4.06. The van der Waals surface area contributed by atoms with Crippen LogP contribution in [0.4, 0.5) is 0 Å². The fourth-order valence-electron chi connectivity index (χ4n) is 5.99. The molecule has 0 radical (unpaired) electrons. The van der Waals surface area contributed by atoms with E-state index in [1.165, 1.54) is 6.42 Å². The number of amides is 2. The fraction of sp³-hybridized carbons (Fsp3) is 0.577. The van der Waals surface area contributed by atoms with E-state index in [4.69, 9.17) is 4.52 Å². The Labute approximate surface area is 195 Å². The van der Waals surface area contributed by atoms with Crippen molar-refractivity contribution >= 4 is 11.8 Å². The number of rotatable bonds is 4. The Morgan fingerprint density at radius 2 is 1.76 bits per heavy atom. The summed E-state index contributed by atoms with van der Waals surface area (Å²) in [6.45, 7) is 7.76. The van der Waals surface area contributed by atoms with Gasteiger partial charge in [-0.1, -0.05) is 36.2 Å². The van der Waals surface area contributed by atoms with E-state index in [-0.39, 0.29) is 23.9 Å². The van der Waals surface area contributed by atoms with Crippen molar-refractivity contribution in [3.8, 4) is 0 Å². The highest BCUT2D eigenvalue weighted by Gasteiger charge is 2.48.